The Kier molecular flexibility index (Phi) is 5.88. The van der Waals surface area contributed by atoms with Gasteiger partial charge in [0.05, 0.1) is 6.20 Å². The van der Waals surface area contributed by atoms with Gasteiger partial charge in [0, 0.05) is 12.2 Å². The molecule has 0 amide bonds. The van der Waals surface area contributed by atoms with Gasteiger partial charge < -0.3 is 5.32 Å². The van der Waals surface area contributed by atoms with E-state index < -0.39 is 0 Å². The molecular formula is C18H23FN2. The predicted octanol–water partition coefficient (Wildman–Crippen LogP) is 4.20. The van der Waals surface area contributed by atoms with Gasteiger partial charge in [-0.25, -0.2) is 4.39 Å². The van der Waals surface area contributed by atoms with Gasteiger partial charge in [-0.15, -0.1) is 0 Å². The summed E-state index contributed by atoms with van der Waals surface area (Å²) in [6.07, 6.45) is 5.97. The molecule has 0 spiro atoms. The van der Waals surface area contributed by atoms with E-state index in [1.807, 2.05) is 0 Å². The third kappa shape index (κ3) is 4.94. The lowest BCUT2D eigenvalue weighted by Gasteiger charge is -2.19. The smallest absolute Gasteiger partial charge is 0.141 e. The van der Waals surface area contributed by atoms with Gasteiger partial charge >= 0.3 is 0 Å². The van der Waals surface area contributed by atoms with Crippen LogP contribution in [0.5, 0.6) is 0 Å². The summed E-state index contributed by atoms with van der Waals surface area (Å²) in [4.78, 5) is 3.96. The molecule has 3 heteroatoms. The number of hydrogen-bond donors (Lipinski definition) is 1. The van der Waals surface area contributed by atoms with Gasteiger partial charge in [0.1, 0.15) is 5.82 Å². The second-order valence-electron chi connectivity index (χ2n) is 5.47. The van der Waals surface area contributed by atoms with Crippen molar-refractivity contribution in [2.24, 2.45) is 0 Å². The number of aryl methyl sites for hydroxylation is 2. The Hall–Kier alpha value is -1.74. The van der Waals surface area contributed by atoms with E-state index >= 15 is 0 Å². The highest BCUT2D eigenvalue weighted by atomic mass is 19.1. The molecule has 2 nitrogen and oxygen atoms in total. The molecule has 1 aromatic carbocycles. The normalized spacial score (nSPS) is 12.3. The highest BCUT2D eigenvalue weighted by molar-refractivity contribution is 5.22. The number of aromatic nitrogens is 1. The Morgan fingerprint density at radius 1 is 1.19 bits per heavy atom. The Balaban J connectivity index is 2.04. The summed E-state index contributed by atoms with van der Waals surface area (Å²) in [7, 11) is 0. The van der Waals surface area contributed by atoms with Crippen molar-refractivity contribution in [3.63, 3.8) is 0 Å². The van der Waals surface area contributed by atoms with E-state index in [1.165, 1.54) is 17.3 Å². The number of nitrogens with zero attached hydrogens (tertiary/aromatic N) is 1. The van der Waals surface area contributed by atoms with E-state index in [-0.39, 0.29) is 11.9 Å². The molecule has 0 aliphatic carbocycles. The average Bonchev–Trinajstić information content (AvgIpc) is 2.49. The Labute approximate surface area is 126 Å². The van der Waals surface area contributed by atoms with Crippen molar-refractivity contribution >= 4 is 0 Å². The average molecular weight is 286 g/mol. The van der Waals surface area contributed by atoms with Crippen molar-refractivity contribution in [1.29, 1.82) is 0 Å². The van der Waals surface area contributed by atoms with E-state index in [4.69, 9.17) is 0 Å². The Morgan fingerprint density at radius 3 is 2.62 bits per heavy atom. The quantitative estimate of drug-likeness (QED) is 0.825. The van der Waals surface area contributed by atoms with E-state index in [2.05, 4.69) is 48.4 Å². The summed E-state index contributed by atoms with van der Waals surface area (Å²) in [6, 6.07) is 10.3. The van der Waals surface area contributed by atoms with Gasteiger partial charge in [0.25, 0.3) is 0 Å². The molecule has 0 radical (unpaired) electrons. The van der Waals surface area contributed by atoms with Gasteiger partial charge in [-0.2, -0.15) is 0 Å². The van der Waals surface area contributed by atoms with Crippen LogP contribution in [0.25, 0.3) is 0 Å². The molecule has 112 valence electrons. The summed E-state index contributed by atoms with van der Waals surface area (Å²) in [5.74, 6) is -0.272. The molecule has 1 atom stereocenters. The van der Waals surface area contributed by atoms with Gasteiger partial charge in [-0.3, -0.25) is 4.98 Å². The van der Waals surface area contributed by atoms with E-state index in [0.717, 1.165) is 31.4 Å². The summed E-state index contributed by atoms with van der Waals surface area (Å²) >= 11 is 0. The molecule has 1 aromatic heterocycles. The van der Waals surface area contributed by atoms with Crippen LogP contribution in [0.3, 0.4) is 0 Å². The third-order valence-corrected chi connectivity index (χ3v) is 3.61. The van der Waals surface area contributed by atoms with Gasteiger partial charge in [-0.1, -0.05) is 36.8 Å². The maximum atomic E-state index is 13.4. The molecule has 21 heavy (non-hydrogen) atoms. The van der Waals surface area contributed by atoms with Crippen LogP contribution in [-0.4, -0.2) is 11.5 Å². The van der Waals surface area contributed by atoms with Crippen molar-refractivity contribution in [2.75, 3.05) is 6.54 Å². The van der Waals surface area contributed by atoms with Crippen LogP contribution in [0.4, 0.5) is 4.39 Å². The van der Waals surface area contributed by atoms with Crippen LogP contribution in [0.15, 0.2) is 42.7 Å². The molecule has 2 aromatic rings. The maximum absolute atomic E-state index is 13.4. The first-order valence-electron chi connectivity index (χ1n) is 7.58. The number of hydrogen-bond acceptors (Lipinski definition) is 2. The monoisotopic (exact) mass is 286 g/mol. The van der Waals surface area contributed by atoms with E-state index in [1.54, 1.807) is 12.3 Å². The first kappa shape index (κ1) is 15.6. The van der Waals surface area contributed by atoms with Crippen LogP contribution in [-0.2, 0) is 6.42 Å². The topological polar surface area (TPSA) is 24.9 Å². The highest BCUT2D eigenvalue weighted by Crippen LogP contribution is 2.19. The van der Waals surface area contributed by atoms with Crippen LogP contribution >= 0.6 is 0 Å². The summed E-state index contributed by atoms with van der Waals surface area (Å²) in [5.41, 5.74) is 3.51. The minimum Gasteiger partial charge on any atom is -0.310 e. The molecule has 1 N–H and O–H groups in total. The number of benzene rings is 1. The van der Waals surface area contributed by atoms with Crippen molar-refractivity contribution in [3.8, 4) is 0 Å². The number of halogens is 1. The zero-order chi connectivity index (χ0) is 15.1. The lowest BCUT2D eigenvalue weighted by molar-refractivity contribution is 0.493. The maximum Gasteiger partial charge on any atom is 0.141 e. The standard InChI is InChI=1S/C18H23FN2/c1-3-10-21-18(16-11-17(19)13-20-12-16)9-8-15-6-4-14(2)5-7-15/h4-7,11-13,18,21H,3,8-10H2,1-2H3. The Morgan fingerprint density at radius 2 is 1.95 bits per heavy atom. The second-order valence-corrected chi connectivity index (χ2v) is 5.47. The minimum absolute atomic E-state index is 0.148. The second kappa shape index (κ2) is 7.89. The molecular weight excluding hydrogens is 263 g/mol. The van der Waals surface area contributed by atoms with Crippen molar-refractivity contribution in [2.45, 2.75) is 39.2 Å². The van der Waals surface area contributed by atoms with Crippen LogP contribution in [0.2, 0.25) is 0 Å². The van der Waals surface area contributed by atoms with Gasteiger partial charge in [-0.05, 0) is 49.9 Å². The number of rotatable bonds is 7. The molecule has 0 fully saturated rings. The van der Waals surface area contributed by atoms with E-state index in [0.29, 0.717) is 0 Å². The predicted molar refractivity (Wildman–Crippen MR) is 84.7 cm³/mol. The first-order chi connectivity index (χ1) is 10.2. The van der Waals surface area contributed by atoms with Gasteiger partial charge in [0.15, 0.2) is 0 Å². The molecule has 2 rings (SSSR count). The van der Waals surface area contributed by atoms with Gasteiger partial charge in [0.2, 0.25) is 0 Å². The van der Waals surface area contributed by atoms with E-state index in [9.17, 15) is 4.39 Å². The SMILES string of the molecule is CCCNC(CCc1ccc(C)cc1)c1cncc(F)c1. The Bertz CT molecular complexity index is 551. The highest BCUT2D eigenvalue weighted by Gasteiger charge is 2.12. The number of pyridine rings is 1. The lowest BCUT2D eigenvalue weighted by Crippen LogP contribution is -2.23. The van der Waals surface area contributed by atoms with Crippen LogP contribution < -0.4 is 5.32 Å². The number of nitrogens with one attached hydrogen (secondary N) is 1. The van der Waals surface area contributed by atoms with Crippen LogP contribution in [0.1, 0.15) is 42.5 Å². The molecule has 0 aliphatic rings. The minimum atomic E-state index is -0.272. The molecule has 1 unspecified atom stereocenters. The zero-order valence-electron chi connectivity index (χ0n) is 12.8. The lowest BCUT2D eigenvalue weighted by atomic mass is 9.99. The summed E-state index contributed by atoms with van der Waals surface area (Å²) in [6.45, 7) is 5.15. The molecule has 0 saturated heterocycles. The zero-order valence-corrected chi connectivity index (χ0v) is 12.8. The fraction of sp³-hybridized carbons (Fsp3) is 0.389. The molecule has 0 bridgehead atoms. The van der Waals surface area contributed by atoms with Crippen molar-refractivity contribution < 1.29 is 4.39 Å². The van der Waals surface area contributed by atoms with Crippen LogP contribution in [0, 0.1) is 12.7 Å². The largest absolute Gasteiger partial charge is 0.310 e. The molecule has 1 heterocycles. The summed E-state index contributed by atoms with van der Waals surface area (Å²) in [5, 5.41) is 3.49. The fourth-order valence-electron chi connectivity index (χ4n) is 2.39. The third-order valence-electron chi connectivity index (χ3n) is 3.61. The molecule has 0 saturated carbocycles. The van der Waals surface area contributed by atoms with Crippen molar-refractivity contribution in [1.82, 2.24) is 10.3 Å². The van der Waals surface area contributed by atoms with Crippen molar-refractivity contribution in [3.05, 3.63) is 65.2 Å². The fourth-order valence-corrected chi connectivity index (χ4v) is 2.39. The molecule has 0 aliphatic heterocycles. The first-order valence-corrected chi connectivity index (χ1v) is 7.58. The summed E-state index contributed by atoms with van der Waals surface area (Å²) < 4.78 is 13.4.